The van der Waals surface area contributed by atoms with Crippen LogP contribution in [0.25, 0.3) is 76.5 Å². The fourth-order valence-electron chi connectivity index (χ4n) is 6.54. The third kappa shape index (κ3) is 3.30. The van der Waals surface area contributed by atoms with E-state index in [4.69, 9.17) is 11.6 Å². The maximum absolute atomic E-state index is 8.87. The zero-order valence-electron chi connectivity index (χ0n) is 26.9. The van der Waals surface area contributed by atoms with Crippen LogP contribution in [0.3, 0.4) is 0 Å². The van der Waals surface area contributed by atoms with E-state index in [0.717, 1.165) is 76.8 Å². The quantitative estimate of drug-likeness (QED) is 0.161. The molecule has 9 rings (SSSR count). The van der Waals surface area contributed by atoms with Gasteiger partial charge in [-0.1, -0.05) is 121 Å². The second kappa shape index (κ2) is 8.55. The standard InChI is InChI=1S/C40H24O/c1-2-9-25(10-3-1)38-30-15-5-4-11-28(30)24-35-33(38)21-19-27-13-6-16-31(39(27)35)29-20-22-36-34(23-29)32-17-7-12-26-14-8-18-37(41-36)40(26)32/h1-24H/i1D,2D,3D,9D,10D. The van der Waals surface area contributed by atoms with Crippen molar-refractivity contribution in [3.05, 3.63) is 145 Å². The highest BCUT2D eigenvalue weighted by atomic mass is 16.5. The Hall–Kier alpha value is -5.40. The molecule has 190 valence electrons. The number of ether oxygens (including phenoxy) is 1. The van der Waals surface area contributed by atoms with Crippen molar-refractivity contribution in [3.8, 4) is 44.9 Å². The van der Waals surface area contributed by atoms with Crippen LogP contribution < -0.4 is 4.74 Å². The molecule has 0 aliphatic carbocycles. The lowest BCUT2D eigenvalue weighted by molar-refractivity contribution is 0.487. The summed E-state index contributed by atoms with van der Waals surface area (Å²) >= 11 is 0. The molecule has 0 saturated carbocycles. The molecule has 1 nitrogen and oxygen atoms in total. The van der Waals surface area contributed by atoms with Gasteiger partial charge in [0, 0.05) is 10.9 Å². The normalized spacial score (nSPS) is 13.8. The molecule has 0 radical (unpaired) electrons. The summed E-state index contributed by atoms with van der Waals surface area (Å²) < 4.78 is 49.2. The molecule has 0 spiro atoms. The van der Waals surface area contributed by atoms with Gasteiger partial charge in [-0.25, -0.2) is 0 Å². The van der Waals surface area contributed by atoms with Gasteiger partial charge < -0.3 is 4.74 Å². The molecule has 0 N–H and O–H groups in total. The van der Waals surface area contributed by atoms with Crippen molar-refractivity contribution in [2.24, 2.45) is 0 Å². The molecular formula is C40H24O. The summed E-state index contributed by atoms with van der Waals surface area (Å²) in [5.41, 5.74) is 5.10. The summed E-state index contributed by atoms with van der Waals surface area (Å²) in [6, 6.07) is 37.7. The highest BCUT2D eigenvalue weighted by Crippen LogP contribution is 2.48. The van der Waals surface area contributed by atoms with Gasteiger partial charge in [0.15, 0.2) is 0 Å². The summed E-state index contributed by atoms with van der Waals surface area (Å²) in [6.07, 6.45) is 0. The predicted molar refractivity (Wildman–Crippen MR) is 173 cm³/mol. The topological polar surface area (TPSA) is 9.23 Å². The molecule has 0 fully saturated rings. The molecule has 0 atom stereocenters. The van der Waals surface area contributed by atoms with Crippen LogP contribution >= 0.6 is 0 Å². The molecule has 0 bridgehead atoms. The van der Waals surface area contributed by atoms with Crippen molar-refractivity contribution in [3.63, 3.8) is 0 Å². The van der Waals surface area contributed by atoms with Gasteiger partial charge in [0.1, 0.15) is 11.5 Å². The maximum Gasteiger partial charge on any atom is 0.135 e. The lowest BCUT2D eigenvalue weighted by Gasteiger charge is -2.22. The van der Waals surface area contributed by atoms with Crippen LogP contribution in [0.15, 0.2) is 145 Å². The van der Waals surface area contributed by atoms with Crippen molar-refractivity contribution in [1.29, 1.82) is 0 Å². The average Bonchev–Trinajstić information content (AvgIpc) is 3.09. The van der Waals surface area contributed by atoms with Crippen LogP contribution in [0.1, 0.15) is 6.85 Å². The molecule has 8 aromatic rings. The number of hydrogen-bond acceptors (Lipinski definition) is 1. The monoisotopic (exact) mass is 525 g/mol. The minimum atomic E-state index is -0.397. The van der Waals surface area contributed by atoms with E-state index in [1.165, 1.54) is 0 Å². The molecule has 1 heterocycles. The molecule has 8 aromatic carbocycles. The largest absolute Gasteiger partial charge is 0.456 e. The minimum Gasteiger partial charge on any atom is -0.456 e. The minimum absolute atomic E-state index is 0.207. The van der Waals surface area contributed by atoms with Crippen molar-refractivity contribution >= 4 is 43.1 Å². The molecule has 0 unspecified atom stereocenters. The van der Waals surface area contributed by atoms with Crippen LogP contribution in [0.4, 0.5) is 0 Å². The molecule has 0 saturated heterocycles. The van der Waals surface area contributed by atoms with E-state index in [1.807, 2.05) is 48.5 Å². The molecule has 0 amide bonds. The summed E-state index contributed by atoms with van der Waals surface area (Å²) in [5.74, 6) is 1.67. The van der Waals surface area contributed by atoms with Gasteiger partial charge in [0.2, 0.25) is 0 Å². The van der Waals surface area contributed by atoms with Crippen LogP contribution in [0, 0.1) is 0 Å². The van der Waals surface area contributed by atoms with E-state index in [2.05, 4.69) is 66.7 Å². The fraction of sp³-hybridized carbons (Fsp3) is 0. The van der Waals surface area contributed by atoms with E-state index >= 15 is 0 Å². The van der Waals surface area contributed by atoms with E-state index in [-0.39, 0.29) is 29.7 Å². The lowest BCUT2D eigenvalue weighted by atomic mass is 9.86. The summed E-state index contributed by atoms with van der Waals surface area (Å²) in [5, 5.41) is 7.88. The Kier molecular flexibility index (Phi) is 3.76. The Morgan fingerprint density at radius 1 is 0.439 bits per heavy atom. The fourth-order valence-corrected chi connectivity index (χ4v) is 6.54. The van der Waals surface area contributed by atoms with Crippen molar-refractivity contribution in [2.45, 2.75) is 0 Å². The van der Waals surface area contributed by atoms with Crippen molar-refractivity contribution < 1.29 is 11.6 Å². The summed E-state index contributed by atoms with van der Waals surface area (Å²) in [4.78, 5) is 0. The summed E-state index contributed by atoms with van der Waals surface area (Å²) in [7, 11) is 0. The second-order valence-electron chi connectivity index (χ2n) is 10.5. The Bertz CT molecular complexity index is 2590. The Balaban J connectivity index is 1.37. The van der Waals surface area contributed by atoms with Gasteiger partial charge in [-0.05, 0) is 89.8 Å². The van der Waals surface area contributed by atoms with Gasteiger partial charge in [0.25, 0.3) is 0 Å². The predicted octanol–water partition coefficient (Wildman–Crippen LogP) is 11.4. The van der Waals surface area contributed by atoms with E-state index in [0.29, 0.717) is 5.56 Å². The Labute approximate surface area is 244 Å². The molecule has 1 aliphatic heterocycles. The number of fused-ring (bicyclic) bond motifs is 6. The van der Waals surface area contributed by atoms with Crippen LogP contribution in [0.2, 0.25) is 0 Å². The lowest BCUT2D eigenvalue weighted by Crippen LogP contribution is -1.97. The third-order valence-corrected chi connectivity index (χ3v) is 8.30. The van der Waals surface area contributed by atoms with E-state index in [9.17, 15) is 0 Å². The highest BCUT2D eigenvalue weighted by Gasteiger charge is 2.21. The Morgan fingerprint density at radius 2 is 1.20 bits per heavy atom. The van der Waals surface area contributed by atoms with Gasteiger partial charge >= 0.3 is 0 Å². The first-order valence-electron chi connectivity index (χ1n) is 16.2. The first-order valence-corrected chi connectivity index (χ1v) is 13.7. The second-order valence-corrected chi connectivity index (χ2v) is 10.5. The zero-order valence-corrected chi connectivity index (χ0v) is 21.9. The van der Waals surface area contributed by atoms with Crippen LogP contribution in [-0.2, 0) is 0 Å². The number of hydrogen-bond donors (Lipinski definition) is 0. The first-order chi connectivity index (χ1) is 22.4. The smallest absolute Gasteiger partial charge is 0.135 e. The molecule has 0 aromatic heterocycles. The van der Waals surface area contributed by atoms with Gasteiger partial charge in [-0.15, -0.1) is 0 Å². The molecular weight excluding hydrogens is 496 g/mol. The van der Waals surface area contributed by atoms with Gasteiger partial charge in [-0.3, -0.25) is 0 Å². The third-order valence-electron chi connectivity index (χ3n) is 8.30. The number of benzene rings is 8. The van der Waals surface area contributed by atoms with Crippen LogP contribution in [-0.4, -0.2) is 0 Å². The zero-order chi connectivity index (χ0) is 31.3. The maximum atomic E-state index is 8.87. The summed E-state index contributed by atoms with van der Waals surface area (Å²) in [6.45, 7) is 0. The first kappa shape index (κ1) is 18.0. The average molecular weight is 526 g/mol. The van der Waals surface area contributed by atoms with Crippen molar-refractivity contribution in [2.75, 3.05) is 0 Å². The highest BCUT2D eigenvalue weighted by molar-refractivity contribution is 6.23. The molecule has 1 heteroatoms. The van der Waals surface area contributed by atoms with Crippen molar-refractivity contribution in [1.82, 2.24) is 0 Å². The molecule has 1 aliphatic rings. The SMILES string of the molecule is [2H]c1c([2H])c([2H])c(-c2c3ccccc3cc3c2ccc2cccc(-c4ccc5c(c4)-c4cccc6cccc(c46)O5)c23)c([2H])c1[2H]. The van der Waals surface area contributed by atoms with E-state index in [1.54, 1.807) is 0 Å². The van der Waals surface area contributed by atoms with Gasteiger partial charge in [-0.2, -0.15) is 0 Å². The van der Waals surface area contributed by atoms with E-state index < -0.39 is 6.04 Å². The Morgan fingerprint density at radius 3 is 2.07 bits per heavy atom. The van der Waals surface area contributed by atoms with Gasteiger partial charge in [0.05, 0.1) is 6.85 Å². The molecule has 41 heavy (non-hydrogen) atoms. The number of rotatable bonds is 2. The van der Waals surface area contributed by atoms with Crippen LogP contribution in [0.5, 0.6) is 11.5 Å².